The molecule has 0 unspecified atom stereocenters. The fraction of sp³-hybridized carbons (Fsp3) is 0.579. The molecule has 2 atom stereocenters. The van der Waals surface area contributed by atoms with Crippen LogP contribution in [0, 0.1) is 13.8 Å². The van der Waals surface area contributed by atoms with E-state index in [9.17, 15) is 5.11 Å². The lowest BCUT2D eigenvalue weighted by Gasteiger charge is -2.32. The molecule has 3 rings (SSSR count). The van der Waals surface area contributed by atoms with Crippen molar-refractivity contribution in [2.45, 2.75) is 52.8 Å². The summed E-state index contributed by atoms with van der Waals surface area (Å²) in [5.74, 6) is 0.821. The SMILES string of the molecule is Cc1cc(Cc2nnc([C@H](C)O)o2)c(C)c(CN2CCN[C@@H](C)C2)c1. The molecular formula is C19H28N4O2. The van der Waals surface area contributed by atoms with Crippen LogP contribution in [0.3, 0.4) is 0 Å². The highest BCUT2D eigenvalue weighted by Gasteiger charge is 2.18. The fourth-order valence-electron chi connectivity index (χ4n) is 3.43. The first-order valence-electron chi connectivity index (χ1n) is 8.97. The van der Waals surface area contributed by atoms with Gasteiger partial charge in [-0.25, -0.2) is 0 Å². The van der Waals surface area contributed by atoms with Crippen molar-refractivity contribution in [2.75, 3.05) is 19.6 Å². The van der Waals surface area contributed by atoms with Crippen molar-refractivity contribution in [1.82, 2.24) is 20.4 Å². The number of aliphatic hydroxyl groups is 1. The van der Waals surface area contributed by atoms with E-state index in [4.69, 9.17) is 4.42 Å². The minimum atomic E-state index is -0.731. The number of nitrogens with one attached hydrogen (secondary N) is 1. The monoisotopic (exact) mass is 344 g/mol. The predicted octanol–water partition coefficient (Wildman–Crippen LogP) is 2.12. The summed E-state index contributed by atoms with van der Waals surface area (Å²) in [4.78, 5) is 2.50. The molecule has 1 saturated heterocycles. The first-order chi connectivity index (χ1) is 11.9. The molecule has 136 valence electrons. The Morgan fingerprint density at radius 1 is 1.32 bits per heavy atom. The average Bonchev–Trinajstić information content (AvgIpc) is 3.01. The van der Waals surface area contributed by atoms with Gasteiger partial charge < -0.3 is 14.8 Å². The van der Waals surface area contributed by atoms with Gasteiger partial charge in [0.1, 0.15) is 6.10 Å². The topological polar surface area (TPSA) is 74.4 Å². The van der Waals surface area contributed by atoms with Crippen LogP contribution in [0.5, 0.6) is 0 Å². The molecule has 1 aromatic heterocycles. The van der Waals surface area contributed by atoms with E-state index >= 15 is 0 Å². The molecule has 0 bridgehead atoms. The highest BCUT2D eigenvalue weighted by molar-refractivity contribution is 5.39. The number of rotatable bonds is 5. The van der Waals surface area contributed by atoms with Crippen molar-refractivity contribution in [3.05, 3.63) is 46.2 Å². The Morgan fingerprint density at radius 2 is 2.08 bits per heavy atom. The van der Waals surface area contributed by atoms with Crippen molar-refractivity contribution >= 4 is 0 Å². The Morgan fingerprint density at radius 3 is 2.76 bits per heavy atom. The second-order valence-electron chi connectivity index (χ2n) is 7.19. The van der Waals surface area contributed by atoms with Gasteiger partial charge in [-0.1, -0.05) is 17.7 Å². The van der Waals surface area contributed by atoms with Crippen LogP contribution in [-0.2, 0) is 13.0 Å². The van der Waals surface area contributed by atoms with Gasteiger partial charge in [0, 0.05) is 32.2 Å². The van der Waals surface area contributed by atoms with Crippen molar-refractivity contribution in [3.8, 4) is 0 Å². The molecule has 1 aliphatic rings. The van der Waals surface area contributed by atoms with Crippen LogP contribution in [-0.4, -0.2) is 45.9 Å². The Bertz CT molecular complexity index is 726. The third kappa shape index (κ3) is 4.45. The van der Waals surface area contributed by atoms with E-state index in [1.807, 2.05) is 0 Å². The number of piperazine rings is 1. The fourth-order valence-corrected chi connectivity index (χ4v) is 3.43. The van der Waals surface area contributed by atoms with Crippen molar-refractivity contribution in [1.29, 1.82) is 0 Å². The lowest BCUT2D eigenvalue weighted by Crippen LogP contribution is -2.48. The molecule has 25 heavy (non-hydrogen) atoms. The number of aromatic nitrogens is 2. The lowest BCUT2D eigenvalue weighted by atomic mass is 9.96. The summed E-state index contributed by atoms with van der Waals surface area (Å²) in [7, 11) is 0. The van der Waals surface area contributed by atoms with Gasteiger partial charge in [0.25, 0.3) is 0 Å². The van der Waals surface area contributed by atoms with Gasteiger partial charge in [-0.05, 0) is 44.4 Å². The zero-order chi connectivity index (χ0) is 18.0. The maximum atomic E-state index is 9.54. The third-order valence-corrected chi connectivity index (χ3v) is 4.80. The number of aliphatic hydroxyl groups excluding tert-OH is 1. The molecule has 0 spiro atoms. The molecule has 0 amide bonds. The van der Waals surface area contributed by atoms with E-state index in [1.54, 1.807) is 6.92 Å². The number of aryl methyl sites for hydroxylation is 1. The summed E-state index contributed by atoms with van der Waals surface area (Å²) < 4.78 is 5.56. The van der Waals surface area contributed by atoms with E-state index in [1.165, 1.54) is 22.3 Å². The van der Waals surface area contributed by atoms with Gasteiger partial charge in [-0.3, -0.25) is 4.90 Å². The minimum absolute atomic E-state index is 0.273. The summed E-state index contributed by atoms with van der Waals surface area (Å²) in [6.45, 7) is 12.3. The summed E-state index contributed by atoms with van der Waals surface area (Å²) in [6.07, 6.45) is -0.136. The van der Waals surface area contributed by atoms with E-state index in [-0.39, 0.29) is 5.89 Å². The molecule has 2 heterocycles. The van der Waals surface area contributed by atoms with E-state index in [2.05, 4.69) is 53.3 Å². The third-order valence-electron chi connectivity index (χ3n) is 4.80. The standard InChI is InChI=1S/C19H28N4O2/c1-12-7-16(9-18-21-22-19(25-18)15(4)24)14(3)17(8-12)11-23-6-5-20-13(2)10-23/h7-8,13,15,20,24H,5-6,9-11H2,1-4H3/t13-,15-/m0/s1. The number of nitrogens with zero attached hydrogens (tertiary/aromatic N) is 3. The predicted molar refractivity (Wildman–Crippen MR) is 96.4 cm³/mol. The first kappa shape index (κ1) is 18.0. The van der Waals surface area contributed by atoms with E-state index in [0.717, 1.165) is 26.2 Å². The average molecular weight is 344 g/mol. The Balaban J connectivity index is 1.79. The van der Waals surface area contributed by atoms with Crippen LogP contribution < -0.4 is 5.32 Å². The summed E-state index contributed by atoms with van der Waals surface area (Å²) in [5.41, 5.74) is 5.10. The van der Waals surface area contributed by atoms with Crippen molar-refractivity contribution < 1.29 is 9.52 Å². The van der Waals surface area contributed by atoms with Gasteiger partial charge in [0.15, 0.2) is 0 Å². The highest BCUT2D eigenvalue weighted by Crippen LogP contribution is 2.22. The highest BCUT2D eigenvalue weighted by atomic mass is 16.4. The van der Waals surface area contributed by atoms with Crippen LogP contribution in [0.1, 0.15) is 54.0 Å². The number of hydrogen-bond donors (Lipinski definition) is 2. The minimum Gasteiger partial charge on any atom is -0.422 e. The van der Waals surface area contributed by atoms with Gasteiger partial charge in [0.05, 0.1) is 6.42 Å². The molecule has 6 nitrogen and oxygen atoms in total. The molecule has 1 aliphatic heterocycles. The smallest absolute Gasteiger partial charge is 0.244 e. The van der Waals surface area contributed by atoms with Gasteiger partial charge >= 0.3 is 0 Å². The van der Waals surface area contributed by atoms with Crippen LogP contribution in [0.2, 0.25) is 0 Å². The second-order valence-corrected chi connectivity index (χ2v) is 7.19. The molecule has 2 N–H and O–H groups in total. The zero-order valence-corrected chi connectivity index (χ0v) is 15.5. The van der Waals surface area contributed by atoms with Crippen molar-refractivity contribution in [3.63, 3.8) is 0 Å². The van der Waals surface area contributed by atoms with E-state index in [0.29, 0.717) is 18.4 Å². The van der Waals surface area contributed by atoms with Crippen LogP contribution in [0.15, 0.2) is 16.5 Å². The van der Waals surface area contributed by atoms with Gasteiger partial charge in [-0.2, -0.15) is 0 Å². The van der Waals surface area contributed by atoms with Crippen LogP contribution in [0.25, 0.3) is 0 Å². The first-order valence-corrected chi connectivity index (χ1v) is 8.97. The van der Waals surface area contributed by atoms with Crippen LogP contribution in [0.4, 0.5) is 0 Å². The molecule has 1 fully saturated rings. The number of benzene rings is 1. The van der Waals surface area contributed by atoms with Crippen LogP contribution >= 0.6 is 0 Å². The summed E-state index contributed by atoms with van der Waals surface area (Å²) >= 11 is 0. The van der Waals surface area contributed by atoms with Gasteiger partial charge in [0.2, 0.25) is 11.8 Å². The van der Waals surface area contributed by atoms with E-state index < -0.39 is 6.10 Å². The lowest BCUT2D eigenvalue weighted by molar-refractivity contribution is 0.161. The quantitative estimate of drug-likeness (QED) is 0.865. The van der Waals surface area contributed by atoms with Gasteiger partial charge in [-0.15, -0.1) is 10.2 Å². The molecule has 2 aromatic rings. The molecule has 0 radical (unpaired) electrons. The Kier molecular flexibility index (Phi) is 5.51. The normalized spacial score (nSPS) is 20.0. The second kappa shape index (κ2) is 7.64. The maximum absolute atomic E-state index is 9.54. The summed E-state index contributed by atoms with van der Waals surface area (Å²) in [5, 5.41) is 21.0. The molecule has 0 saturated carbocycles. The number of hydrogen-bond acceptors (Lipinski definition) is 6. The maximum Gasteiger partial charge on any atom is 0.244 e. The molecule has 6 heteroatoms. The summed E-state index contributed by atoms with van der Waals surface area (Å²) in [6, 6.07) is 5.00. The zero-order valence-electron chi connectivity index (χ0n) is 15.5. The molecule has 0 aliphatic carbocycles. The molecule has 1 aromatic carbocycles. The molecular weight excluding hydrogens is 316 g/mol. The van der Waals surface area contributed by atoms with Crippen molar-refractivity contribution in [2.24, 2.45) is 0 Å². The Hall–Kier alpha value is -1.76. The largest absolute Gasteiger partial charge is 0.422 e. The Labute approximate surface area is 149 Å².